The van der Waals surface area contributed by atoms with E-state index in [0.717, 1.165) is 49.0 Å². The molecule has 0 aliphatic carbocycles. The van der Waals surface area contributed by atoms with Gasteiger partial charge in [-0.15, -0.1) is 0 Å². The van der Waals surface area contributed by atoms with E-state index in [1.54, 1.807) is 6.92 Å². The van der Waals surface area contributed by atoms with E-state index in [9.17, 15) is 5.11 Å². The van der Waals surface area contributed by atoms with Crippen molar-refractivity contribution in [2.24, 2.45) is 0 Å². The number of benzene rings is 5. The minimum absolute atomic E-state index is 0.553. The van der Waals surface area contributed by atoms with Crippen LogP contribution in [0, 0.1) is 0 Å². The number of fused-ring (bicyclic) bond motifs is 3. The summed E-state index contributed by atoms with van der Waals surface area (Å²) in [6.45, 7) is 14.1. The summed E-state index contributed by atoms with van der Waals surface area (Å²) in [5.41, 5.74) is 3.59. The van der Waals surface area contributed by atoms with Gasteiger partial charge in [0.1, 0.15) is 5.75 Å². The highest BCUT2D eigenvalue weighted by Crippen LogP contribution is 2.39. The molecule has 0 aliphatic heterocycles. The summed E-state index contributed by atoms with van der Waals surface area (Å²) in [5.74, 6) is 0.572. The van der Waals surface area contributed by atoms with Crippen LogP contribution in [-0.4, -0.2) is 11.4 Å². The maximum atomic E-state index is 10.0. The maximum Gasteiger partial charge on any atom is 0.219 e. The summed E-state index contributed by atoms with van der Waals surface area (Å²) in [6.07, 6.45) is -1.04. The summed E-state index contributed by atoms with van der Waals surface area (Å²) in [5, 5.41) is 16.5. The summed E-state index contributed by atoms with van der Waals surface area (Å²) in [6, 6.07) is 32.6. The van der Waals surface area contributed by atoms with Gasteiger partial charge in [0, 0.05) is 16.8 Å². The normalized spacial score (nSPS) is 11.9. The van der Waals surface area contributed by atoms with Gasteiger partial charge in [0.05, 0.1) is 5.69 Å². The van der Waals surface area contributed by atoms with Gasteiger partial charge in [-0.2, -0.15) is 0 Å². The van der Waals surface area contributed by atoms with Crippen LogP contribution >= 0.6 is 0 Å². The molecule has 0 heterocycles. The van der Waals surface area contributed by atoms with Gasteiger partial charge in [0.15, 0.2) is 0 Å². The van der Waals surface area contributed by atoms with E-state index < -0.39 is 6.29 Å². The largest absolute Gasteiger partial charge is 0.461 e. The number of hydrogen-bond acceptors (Lipinski definition) is 3. The standard InChI is InChI=1S/C32H27NO2/c1-21(2)32(34)35-27-17-15-26(16-18-27)33(25-11-6-5-7-12-25)29-20-13-23(4)31-28(29)19-14-24-10-8-9-22(3)30(24)31/h5-20,32,34H,1,3-4H2,2H3. The third kappa shape index (κ3) is 4.18. The first-order valence-electron chi connectivity index (χ1n) is 11.5. The molecular weight excluding hydrogens is 430 g/mol. The fraction of sp³-hybridized carbons (Fsp3) is 0.0625. The smallest absolute Gasteiger partial charge is 0.219 e. The molecule has 1 unspecified atom stereocenters. The molecular formula is C32H27NO2. The predicted molar refractivity (Wildman–Crippen MR) is 148 cm³/mol. The molecule has 35 heavy (non-hydrogen) atoms. The molecule has 0 radical (unpaired) electrons. The van der Waals surface area contributed by atoms with E-state index in [2.05, 4.69) is 67.1 Å². The number of hydrogen-bond donors (Lipinski definition) is 1. The second-order valence-electron chi connectivity index (χ2n) is 8.73. The van der Waals surface area contributed by atoms with E-state index in [-0.39, 0.29) is 0 Å². The third-order valence-corrected chi connectivity index (χ3v) is 6.19. The Labute approximate surface area is 205 Å². The summed E-state index contributed by atoms with van der Waals surface area (Å²) in [4.78, 5) is 2.22. The average Bonchev–Trinajstić information content (AvgIpc) is 2.87. The van der Waals surface area contributed by atoms with E-state index in [0.29, 0.717) is 11.3 Å². The van der Waals surface area contributed by atoms with Crippen LogP contribution < -0.4 is 20.1 Å². The lowest BCUT2D eigenvalue weighted by atomic mass is 9.97. The van der Waals surface area contributed by atoms with Crippen LogP contribution in [0.2, 0.25) is 0 Å². The van der Waals surface area contributed by atoms with Gasteiger partial charge in [-0.25, -0.2) is 0 Å². The predicted octanol–water partition coefficient (Wildman–Crippen LogP) is 6.56. The van der Waals surface area contributed by atoms with Gasteiger partial charge in [-0.05, 0) is 81.6 Å². The van der Waals surface area contributed by atoms with Crippen molar-refractivity contribution in [3.05, 3.63) is 120 Å². The third-order valence-electron chi connectivity index (χ3n) is 6.19. The molecule has 0 fully saturated rings. The molecule has 5 rings (SSSR count). The number of rotatable bonds is 6. The minimum atomic E-state index is -1.04. The summed E-state index contributed by atoms with van der Waals surface area (Å²) >= 11 is 0. The van der Waals surface area contributed by atoms with Crippen LogP contribution in [0.15, 0.2) is 109 Å². The van der Waals surface area contributed by atoms with Gasteiger partial charge in [-0.3, -0.25) is 0 Å². The molecule has 3 nitrogen and oxygen atoms in total. The Morgan fingerprint density at radius 1 is 0.743 bits per heavy atom. The Kier molecular flexibility index (Phi) is 5.86. The van der Waals surface area contributed by atoms with Crippen LogP contribution in [0.5, 0.6) is 5.75 Å². The molecule has 0 saturated heterocycles. The molecule has 0 aliphatic rings. The lowest BCUT2D eigenvalue weighted by Crippen LogP contribution is -2.16. The molecule has 0 aromatic heterocycles. The zero-order valence-electron chi connectivity index (χ0n) is 19.7. The molecule has 3 heteroatoms. The Balaban J connectivity index is 1.72. The lowest BCUT2D eigenvalue weighted by molar-refractivity contribution is 0.0151. The van der Waals surface area contributed by atoms with Crippen LogP contribution in [0.3, 0.4) is 0 Å². The van der Waals surface area contributed by atoms with Crippen molar-refractivity contribution < 1.29 is 9.84 Å². The molecule has 0 spiro atoms. The molecule has 0 bridgehead atoms. The van der Waals surface area contributed by atoms with Crippen LogP contribution in [-0.2, 0) is 0 Å². The van der Waals surface area contributed by atoms with Gasteiger partial charge in [0.25, 0.3) is 0 Å². The molecule has 1 atom stereocenters. The number of para-hydroxylation sites is 1. The van der Waals surface area contributed by atoms with Crippen LogP contribution in [0.25, 0.3) is 34.7 Å². The van der Waals surface area contributed by atoms with E-state index >= 15 is 0 Å². The first-order chi connectivity index (χ1) is 16.9. The topological polar surface area (TPSA) is 32.7 Å². The minimum Gasteiger partial charge on any atom is -0.461 e. The number of aliphatic hydroxyl groups is 1. The second-order valence-corrected chi connectivity index (χ2v) is 8.73. The molecule has 0 saturated carbocycles. The lowest BCUT2D eigenvalue weighted by Gasteiger charge is -2.27. The van der Waals surface area contributed by atoms with Crippen molar-refractivity contribution in [3.8, 4) is 5.75 Å². The molecule has 5 aromatic carbocycles. The van der Waals surface area contributed by atoms with Crippen molar-refractivity contribution in [3.63, 3.8) is 0 Å². The highest BCUT2D eigenvalue weighted by Gasteiger charge is 2.17. The summed E-state index contributed by atoms with van der Waals surface area (Å²) in [7, 11) is 0. The Morgan fingerprint density at radius 3 is 2.14 bits per heavy atom. The summed E-state index contributed by atoms with van der Waals surface area (Å²) < 4.78 is 5.59. The molecule has 1 N–H and O–H groups in total. The van der Waals surface area contributed by atoms with Crippen molar-refractivity contribution in [2.45, 2.75) is 13.2 Å². The molecule has 5 aromatic rings. The zero-order valence-corrected chi connectivity index (χ0v) is 19.7. The van der Waals surface area contributed by atoms with Crippen molar-refractivity contribution in [1.29, 1.82) is 0 Å². The van der Waals surface area contributed by atoms with E-state index in [4.69, 9.17) is 4.74 Å². The average molecular weight is 458 g/mol. The Morgan fingerprint density at radius 2 is 1.43 bits per heavy atom. The van der Waals surface area contributed by atoms with Crippen LogP contribution in [0.4, 0.5) is 17.1 Å². The van der Waals surface area contributed by atoms with Crippen molar-refractivity contribution >= 4 is 51.8 Å². The van der Waals surface area contributed by atoms with Gasteiger partial charge in [-0.1, -0.05) is 74.3 Å². The van der Waals surface area contributed by atoms with E-state index in [1.165, 1.54) is 0 Å². The van der Waals surface area contributed by atoms with Gasteiger partial charge >= 0.3 is 0 Å². The number of aliphatic hydroxyl groups excluding tert-OH is 1. The van der Waals surface area contributed by atoms with Crippen molar-refractivity contribution in [1.82, 2.24) is 0 Å². The van der Waals surface area contributed by atoms with Gasteiger partial charge < -0.3 is 14.7 Å². The highest BCUT2D eigenvalue weighted by molar-refractivity contribution is 6.13. The van der Waals surface area contributed by atoms with Crippen LogP contribution in [0.1, 0.15) is 6.92 Å². The van der Waals surface area contributed by atoms with E-state index in [1.807, 2.05) is 54.6 Å². The quantitative estimate of drug-likeness (QED) is 0.178. The SMILES string of the molecule is C=C(C)C(O)Oc1ccc(N(c2ccccc2)c2ccc(=C)c3c2ccc2cccc(=C)c23)cc1. The first kappa shape index (κ1) is 22.5. The second kappa shape index (κ2) is 9.13. The molecule has 0 amide bonds. The van der Waals surface area contributed by atoms with Crippen molar-refractivity contribution in [2.75, 3.05) is 4.90 Å². The highest BCUT2D eigenvalue weighted by atomic mass is 16.6. The fourth-order valence-electron chi connectivity index (χ4n) is 4.46. The molecule has 172 valence electrons. The fourth-order valence-corrected chi connectivity index (χ4v) is 4.46. The number of ether oxygens (including phenoxy) is 1. The maximum absolute atomic E-state index is 10.0. The number of anilines is 3. The Bertz CT molecular complexity index is 1640. The Hall–Kier alpha value is -4.34. The van der Waals surface area contributed by atoms with Gasteiger partial charge in [0.2, 0.25) is 6.29 Å². The first-order valence-corrected chi connectivity index (χ1v) is 11.5. The monoisotopic (exact) mass is 457 g/mol. The zero-order chi connectivity index (χ0) is 24.5. The number of nitrogens with zero attached hydrogens (tertiary/aromatic N) is 1.